The van der Waals surface area contributed by atoms with Crippen molar-refractivity contribution in [1.29, 1.82) is 0 Å². The number of rotatable bonds is 1. The van der Waals surface area contributed by atoms with Gasteiger partial charge in [0.05, 0.1) is 5.38 Å². The van der Waals surface area contributed by atoms with E-state index in [1.54, 1.807) is 12.3 Å². The first-order valence-corrected chi connectivity index (χ1v) is 3.26. The molecule has 0 amide bonds. The number of aromatic nitrogens is 1. The van der Waals surface area contributed by atoms with Crippen LogP contribution in [0.3, 0.4) is 0 Å². The number of aldehydes is 1. The van der Waals surface area contributed by atoms with Crippen LogP contribution in [0.25, 0.3) is 0 Å². The third-order valence-corrected chi connectivity index (χ3v) is 1.93. The van der Waals surface area contributed by atoms with Crippen molar-refractivity contribution in [3.05, 3.63) is 21.3 Å². The van der Waals surface area contributed by atoms with Crippen LogP contribution in [0.1, 0.15) is 15.5 Å². The zero-order valence-electron chi connectivity index (χ0n) is 4.83. The lowest BCUT2D eigenvalue weighted by Crippen LogP contribution is -2.30. The van der Waals surface area contributed by atoms with Crippen LogP contribution < -0.4 is 4.73 Å². The lowest BCUT2D eigenvalue weighted by Gasteiger charge is -1.90. The molecule has 4 heteroatoms. The van der Waals surface area contributed by atoms with Crippen LogP contribution in [-0.4, -0.2) is 6.29 Å². The van der Waals surface area contributed by atoms with E-state index in [1.165, 1.54) is 0 Å². The second-order valence-corrected chi connectivity index (χ2v) is 2.52. The van der Waals surface area contributed by atoms with Gasteiger partial charge in [-0.3, -0.25) is 4.79 Å². The lowest BCUT2D eigenvalue weighted by atomic mass is 10.6. The summed E-state index contributed by atoms with van der Waals surface area (Å²) in [6.07, 6.45) is 0.560. The molecule has 0 spiro atoms. The number of hydrogen-bond acceptors (Lipinski definition) is 3. The Labute approximate surface area is 56.1 Å². The van der Waals surface area contributed by atoms with Gasteiger partial charge < -0.3 is 5.21 Å². The van der Waals surface area contributed by atoms with Crippen LogP contribution in [0.4, 0.5) is 0 Å². The van der Waals surface area contributed by atoms with Gasteiger partial charge in [0.2, 0.25) is 12.0 Å². The molecule has 3 nitrogen and oxygen atoms in total. The number of carbonyl (C=O) groups is 1. The molecule has 0 aliphatic carbocycles. The Kier molecular flexibility index (Phi) is 1.48. The van der Waals surface area contributed by atoms with Crippen molar-refractivity contribution < 1.29 is 9.52 Å². The number of carbonyl (C=O) groups excluding carboxylic acids is 1. The molecule has 1 heterocycles. The molecule has 0 N–H and O–H groups in total. The molecule has 0 saturated heterocycles. The maximum absolute atomic E-state index is 10.7. The highest BCUT2D eigenvalue weighted by molar-refractivity contribution is 7.10. The van der Waals surface area contributed by atoms with Gasteiger partial charge in [0.15, 0.2) is 0 Å². The summed E-state index contributed by atoms with van der Waals surface area (Å²) in [7, 11) is 0. The summed E-state index contributed by atoms with van der Waals surface area (Å²) in [4.78, 5) is 10.0. The fraction of sp³-hybridized carbons (Fsp3) is 0.200. The average molecular weight is 143 g/mol. The van der Waals surface area contributed by atoms with Crippen LogP contribution in [0.5, 0.6) is 0 Å². The minimum Gasteiger partial charge on any atom is -0.617 e. The predicted octanol–water partition coefficient (Wildman–Crippen LogP) is 0.502. The zero-order valence-corrected chi connectivity index (χ0v) is 5.64. The number of thiazole rings is 1. The Morgan fingerprint density at radius 2 is 2.56 bits per heavy atom. The monoisotopic (exact) mass is 143 g/mol. The average Bonchev–Trinajstić information content (AvgIpc) is 2.15. The number of nitrogens with zero attached hydrogens (tertiary/aromatic N) is 1. The van der Waals surface area contributed by atoms with Crippen molar-refractivity contribution in [2.24, 2.45) is 0 Å². The largest absolute Gasteiger partial charge is 0.617 e. The van der Waals surface area contributed by atoms with E-state index < -0.39 is 0 Å². The normalized spacial score (nSPS) is 9.44. The van der Waals surface area contributed by atoms with Gasteiger partial charge in [0.25, 0.3) is 0 Å². The third-order valence-electron chi connectivity index (χ3n) is 0.972. The van der Waals surface area contributed by atoms with Crippen molar-refractivity contribution in [1.82, 2.24) is 0 Å². The van der Waals surface area contributed by atoms with Gasteiger partial charge >= 0.3 is 5.01 Å². The van der Waals surface area contributed by atoms with Gasteiger partial charge in [-0.1, -0.05) is 11.3 Å². The topological polar surface area (TPSA) is 44.0 Å². The maximum atomic E-state index is 10.7. The molecule has 1 aromatic rings. The lowest BCUT2D eigenvalue weighted by molar-refractivity contribution is -0.608. The van der Waals surface area contributed by atoms with Gasteiger partial charge in [-0.15, -0.1) is 0 Å². The second-order valence-electron chi connectivity index (χ2n) is 1.63. The molecule has 0 saturated carbocycles. The van der Waals surface area contributed by atoms with Gasteiger partial charge in [-0.25, -0.2) is 0 Å². The molecule has 0 fully saturated rings. The van der Waals surface area contributed by atoms with Crippen molar-refractivity contribution in [2.75, 3.05) is 0 Å². The summed E-state index contributed by atoms with van der Waals surface area (Å²) in [6, 6.07) is 0. The van der Waals surface area contributed by atoms with E-state index in [1.807, 2.05) is 0 Å². The summed E-state index contributed by atoms with van der Waals surface area (Å²) < 4.78 is 0.623. The minimum atomic E-state index is 0.215. The molecule has 1 rings (SSSR count). The maximum Gasteiger partial charge on any atom is 0.313 e. The molecule has 0 unspecified atom stereocenters. The van der Waals surface area contributed by atoms with Gasteiger partial charge in [-0.2, -0.15) is 4.73 Å². The summed E-state index contributed by atoms with van der Waals surface area (Å²) in [6.45, 7) is 1.66. The van der Waals surface area contributed by atoms with Crippen molar-refractivity contribution >= 4 is 17.6 Å². The number of hydrogen-bond donors (Lipinski definition) is 0. The van der Waals surface area contributed by atoms with Crippen LogP contribution in [0, 0.1) is 12.1 Å². The van der Waals surface area contributed by atoms with Crippen LogP contribution >= 0.6 is 11.3 Å². The second kappa shape index (κ2) is 2.14. The van der Waals surface area contributed by atoms with Crippen molar-refractivity contribution in [3.8, 4) is 0 Å². The highest BCUT2D eigenvalue weighted by Crippen LogP contribution is 2.01. The third kappa shape index (κ3) is 0.929. The highest BCUT2D eigenvalue weighted by Gasteiger charge is 2.07. The van der Waals surface area contributed by atoms with Crippen LogP contribution in [0.2, 0.25) is 0 Å². The van der Waals surface area contributed by atoms with Crippen LogP contribution in [-0.2, 0) is 0 Å². The minimum absolute atomic E-state index is 0.215. The quantitative estimate of drug-likeness (QED) is 0.326. The smallest absolute Gasteiger partial charge is 0.313 e. The predicted molar refractivity (Wildman–Crippen MR) is 33.4 cm³/mol. The molecular weight excluding hydrogens is 138 g/mol. The highest BCUT2D eigenvalue weighted by atomic mass is 32.1. The van der Waals surface area contributed by atoms with Gasteiger partial charge in [-0.05, 0) is 0 Å². The summed E-state index contributed by atoms with van der Waals surface area (Å²) in [5.74, 6) is 0. The van der Waals surface area contributed by atoms with Crippen molar-refractivity contribution in [2.45, 2.75) is 6.92 Å². The van der Waals surface area contributed by atoms with E-state index in [4.69, 9.17) is 0 Å². The van der Waals surface area contributed by atoms with E-state index >= 15 is 0 Å². The Hall–Kier alpha value is -0.900. The Bertz CT molecular complexity index is 231. The van der Waals surface area contributed by atoms with E-state index in [9.17, 15) is 10.0 Å². The fourth-order valence-corrected chi connectivity index (χ4v) is 1.17. The van der Waals surface area contributed by atoms with E-state index in [0.717, 1.165) is 11.3 Å². The first-order valence-electron chi connectivity index (χ1n) is 2.38. The molecule has 1 aromatic heterocycles. The Morgan fingerprint density at radius 1 is 1.89 bits per heavy atom. The van der Waals surface area contributed by atoms with E-state index in [0.29, 0.717) is 16.7 Å². The molecule has 0 atom stereocenters. The molecule has 0 aromatic carbocycles. The fourth-order valence-electron chi connectivity index (χ4n) is 0.491. The molecule has 48 valence electrons. The Morgan fingerprint density at radius 3 is 2.78 bits per heavy atom. The van der Waals surface area contributed by atoms with Crippen molar-refractivity contribution in [3.63, 3.8) is 0 Å². The van der Waals surface area contributed by atoms with Crippen LogP contribution in [0.15, 0.2) is 5.38 Å². The standard InChI is InChI=1S/C5H5NO2S/c1-4-3-9-5(2-7)6(4)8/h2-3H,1H3. The molecule has 0 aliphatic heterocycles. The van der Waals surface area contributed by atoms with Gasteiger partial charge in [0.1, 0.15) is 0 Å². The molecule has 9 heavy (non-hydrogen) atoms. The molecule has 0 radical (unpaired) electrons. The number of aryl methyl sites for hydroxylation is 1. The molecule has 0 aliphatic rings. The SMILES string of the molecule is Cc1csc(C=O)[n+]1[O-]. The first kappa shape index (κ1) is 6.22. The van der Waals surface area contributed by atoms with E-state index in [-0.39, 0.29) is 5.01 Å². The van der Waals surface area contributed by atoms with E-state index in [2.05, 4.69) is 0 Å². The zero-order chi connectivity index (χ0) is 6.85. The molecule has 0 bridgehead atoms. The Balaban J connectivity index is 3.18. The first-order chi connectivity index (χ1) is 4.25. The summed E-state index contributed by atoms with van der Waals surface area (Å²) in [5.41, 5.74) is 0.571. The summed E-state index contributed by atoms with van der Waals surface area (Å²) >= 11 is 1.16. The molecular formula is C5H5NO2S. The summed E-state index contributed by atoms with van der Waals surface area (Å²) in [5, 5.41) is 12.6. The van der Waals surface area contributed by atoms with Gasteiger partial charge in [0, 0.05) is 6.92 Å².